The van der Waals surface area contributed by atoms with Crippen molar-refractivity contribution in [3.05, 3.63) is 36.2 Å². The highest BCUT2D eigenvalue weighted by Gasteiger charge is 2.41. The topological polar surface area (TPSA) is 60.0 Å². The lowest BCUT2D eigenvalue weighted by atomic mass is 10.1. The molecule has 0 saturated carbocycles. The number of hydrogen-bond donors (Lipinski definition) is 0. The molecule has 0 spiro atoms. The van der Waals surface area contributed by atoms with E-state index in [9.17, 15) is 17.6 Å². The molecule has 1 aromatic carbocycles. The molecule has 1 aromatic heterocycles. The van der Waals surface area contributed by atoms with Crippen molar-refractivity contribution < 1.29 is 31.8 Å². The number of halogens is 4. The normalized spacial score (nSPS) is 15.3. The van der Waals surface area contributed by atoms with Gasteiger partial charge in [0.2, 0.25) is 5.88 Å². The van der Waals surface area contributed by atoms with Gasteiger partial charge in [0.1, 0.15) is 0 Å². The summed E-state index contributed by atoms with van der Waals surface area (Å²) in [6, 6.07) is 5.78. The minimum absolute atomic E-state index is 0.217. The number of rotatable bonds is 9. The molecule has 3 rings (SSSR count). The van der Waals surface area contributed by atoms with E-state index in [2.05, 4.69) is 14.9 Å². The lowest BCUT2D eigenvalue weighted by molar-refractivity contribution is -0.148. The Morgan fingerprint density at radius 1 is 1.03 bits per heavy atom. The van der Waals surface area contributed by atoms with Gasteiger partial charge in [0.05, 0.1) is 26.6 Å². The Morgan fingerprint density at radius 2 is 1.74 bits per heavy atom. The molecule has 0 atom stereocenters. The van der Waals surface area contributed by atoms with E-state index in [0.29, 0.717) is 30.4 Å². The zero-order valence-corrected chi connectivity index (χ0v) is 17.2. The molecule has 1 aliphatic heterocycles. The fraction of sp³-hybridized carbons (Fsp3) is 0.500. The highest BCUT2D eigenvalue weighted by atomic mass is 19.3. The average Bonchev–Trinajstić information content (AvgIpc) is 2.78. The van der Waals surface area contributed by atoms with E-state index >= 15 is 0 Å². The van der Waals surface area contributed by atoms with Crippen molar-refractivity contribution in [3.8, 4) is 17.4 Å². The average molecular weight is 444 g/mol. The largest absolute Gasteiger partial charge is 0.493 e. The molecule has 1 aliphatic rings. The second-order valence-electron chi connectivity index (χ2n) is 7.02. The van der Waals surface area contributed by atoms with Crippen LogP contribution in [0.15, 0.2) is 30.6 Å². The van der Waals surface area contributed by atoms with Crippen LogP contribution in [0.2, 0.25) is 0 Å². The number of ether oxygens (including phenoxy) is 3. The summed E-state index contributed by atoms with van der Waals surface area (Å²) >= 11 is 0. The number of nitrogens with zero attached hydrogens (tertiary/aromatic N) is 4. The lowest BCUT2D eigenvalue weighted by Crippen LogP contribution is -2.46. The molecule has 1 saturated heterocycles. The zero-order chi connectivity index (χ0) is 22.4. The second kappa shape index (κ2) is 9.99. The predicted octanol–water partition coefficient (Wildman–Crippen LogP) is 3.10. The number of alkyl halides is 4. The third kappa shape index (κ3) is 5.87. The SMILES string of the molecule is COc1ccc(CN2CCN(c3cncc(OCC(F)(F)C(F)F)n3)CC2)cc1OC. The summed E-state index contributed by atoms with van der Waals surface area (Å²) in [7, 11) is 3.18. The van der Waals surface area contributed by atoms with Crippen LogP contribution in [0.25, 0.3) is 0 Å². The van der Waals surface area contributed by atoms with Gasteiger partial charge in [0.15, 0.2) is 23.9 Å². The summed E-state index contributed by atoms with van der Waals surface area (Å²) in [5, 5.41) is 0. The Labute approximate surface area is 177 Å². The number of methoxy groups -OCH3 is 2. The van der Waals surface area contributed by atoms with Gasteiger partial charge in [-0.1, -0.05) is 6.07 Å². The van der Waals surface area contributed by atoms with Crippen molar-refractivity contribution >= 4 is 5.82 Å². The van der Waals surface area contributed by atoms with Gasteiger partial charge in [-0.3, -0.25) is 9.88 Å². The van der Waals surface area contributed by atoms with E-state index < -0.39 is 19.0 Å². The molecule has 0 radical (unpaired) electrons. The van der Waals surface area contributed by atoms with Gasteiger partial charge in [-0.2, -0.15) is 13.8 Å². The van der Waals surface area contributed by atoms with E-state index in [1.54, 1.807) is 14.2 Å². The third-order valence-electron chi connectivity index (χ3n) is 4.88. The molecule has 0 unspecified atom stereocenters. The first-order valence-electron chi connectivity index (χ1n) is 9.61. The van der Waals surface area contributed by atoms with Crippen LogP contribution in [0.1, 0.15) is 5.56 Å². The fourth-order valence-electron chi connectivity index (χ4n) is 3.17. The number of aromatic nitrogens is 2. The molecule has 0 N–H and O–H groups in total. The van der Waals surface area contributed by atoms with Crippen LogP contribution in [0, 0.1) is 0 Å². The van der Waals surface area contributed by atoms with Crippen LogP contribution in [0.3, 0.4) is 0 Å². The van der Waals surface area contributed by atoms with E-state index in [1.165, 1.54) is 6.20 Å². The molecule has 2 heterocycles. The van der Waals surface area contributed by atoms with Crippen molar-refractivity contribution in [1.82, 2.24) is 14.9 Å². The monoisotopic (exact) mass is 444 g/mol. The molecule has 31 heavy (non-hydrogen) atoms. The van der Waals surface area contributed by atoms with Crippen LogP contribution in [0.4, 0.5) is 23.4 Å². The maximum Gasteiger partial charge on any atom is 0.340 e. The molecule has 0 amide bonds. The first-order valence-corrected chi connectivity index (χ1v) is 9.61. The molecule has 1 fully saturated rings. The standard InChI is InChI=1S/C20H24F4N4O3/c1-29-15-4-3-14(9-16(15)30-2)12-27-5-7-28(8-6-27)17-10-25-11-18(26-17)31-13-20(23,24)19(21)22/h3-4,9-11,19H,5-8,12-13H2,1-2H3. The minimum Gasteiger partial charge on any atom is -0.493 e. The third-order valence-corrected chi connectivity index (χ3v) is 4.88. The highest BCUT2D eigenvalue weighted by molar-refractivity contribution is 5.43. The van der Waals surface area contributed by atoms with E-state index in [-0.39, 0.29) is 5.88 Å². The Kier molecular flexibility index (Phi) is 7.37. The summed E-state index contributed by atoms with van der Waals surface area (Å²) in [6.07, 6.45) is -1.19. The van der Waals surface area contributed by atoms with Gasteiger partial charge in [0, 0.05) is 32.7 Å². The molecule has 2 aromatic rings. The molecule has 0 bridgehead atoms. The van der Waals surface area contributed by atoms with Gasteiger partial charge in [-0.15, -0.1) is 0 Å². The summed E-state index contributed by atoms with van der Waals surface area (Å²) in [5.74, 6) is -2.67. The van der Waals surface area contributed by atoms with Crippen molar-refractivity contribution in [1.29, 1.82) is 0 Å². The van der Waals surface area contributed by atoms with Crippen LogP contribution in [-0.4, -0.2) is 74.2 Å². The van der Waals surface area contributed by atoms with Crippen molar-refractivity contribution in [2.45, 2.75) is 18.9 Å². The number of anilines is 1. The Morgan fingerprint density at radius 3 is 2.39 bits per heavy atom. The van der Waals surface area contributed by atoms with Crippen LogP contribution < -0.4 is 19.1 Å². The highest BCUT2D eigenvalue weighted by Crippen LogP contribution is 2.28. The van der Waals surface area contributed by atoms with Gasteiger partial charge < -0.3 is 19.1 Å². The summed E-state index contributed by atoms with van der Waals surface area (Å²) in [5.41, 5.74) is 1.08. The van der Waals surface area contributed by atoms with E-state index in [1.807, 2.05) is 23.1 Å². The van der Waals surface area contributed by atoms with Gasteiger partial charge in [-0.05, 0) is 17.7 Å². The van der Waals surface area contributed by atoms with Crippen molar-refractivity contribution in [3.63, 3.8) is 0 Å². The lowest BCUT2D eigenvalue weighted by Gasteiger charge is -2.35. The summed E-state index contributed by atoms with van der Waals surface area (Å²) in [6.45, 7) is 2.03. The summed E-state index contributed by atoms with van der Waals surface area (Å²) in [4.78, 5) is 12.2. The fourth-order valence-corrected chi connectivity index (χ4v) is 3.17. The molecular formula is C20H24F4N4O3. The smallest absolute Gasteiger partial charge is 0.340 e. The number of benzene rings is 1. The zero-order valence-electron chi connectivity index (χ0n) is 17.2. The maximum atomic E-state index is 13.0. The maximum absolute atomic E-state index is 13.0. The Hall–Kier alpha value is -2.82. The minimum atomic E-state index is -4.24. The number of piperazine rings is 1. The molecule has 11 heteroatoms. The van der Waals surface area contributed by atoms with Crippen LogP contribution in [-0.2, 0) is 6.54 Å². The van der Waals surface area contributed by atoms with E-state index in [4.69, 9.17) is 14.2 Å². The van der Waals surface area contributed by atoms with Crippen LogP contribution >= 0.6 is 0 Å². The summed E-state index contributed by atoms with van der Waals surface area (Å²) < 4.78 is 66.0. The van der Waals surface area contributed by atoms with Gasteiger partial charge >= 0.3 is 12.3 Å². The predicted molar refractivity (Wildman–Crippen MR) is 106 cm³/mol. The van der Waals surface area contributed by atoms with Gasteiger partial charge in [0.25, 0.3) is 0 Å². The Bertz CT molecular complexity index is 864. The van der Waals surface area contributed by atoms with Gasteiger partial charge in [-0.25, -0.2) is 8.78 Å². The number of hydrogen-bond acceptors (Lipinski definition) is 7. The van der Waals surface area contributed by atoms with E-state index in [0.717, 1.165) is 31.4 Å². The molecule has 0 aliphatic carbocycles. The first kappa shape index (κ1) is 22.9. The quantitative estimate of drug-likeness (QED) is 0.551. The molecule has 170 valence electrons. The van der Waals surface area contributed by atoms with Crippen molar-refractivity contribution in [2.75, 3.05) is 51.9 Å². The van der Waals surface area contributed by atoms with Crippen molar-refractivity contribution in [2.24, 2.45) is 0 Å². The second-order valence-corrected chi connectivity index (χ2v) is 7.02. The Balaban J connectivity index is 1.55. The first-order chi connectivity index (χ1) is 14.8. The molecular weight excluding hydrogens is 420 g/mol. The molecule has 7 nitrogen and oxygen atoms in total. The van der Waals surface area contributed by atoms with Crippen LogP contribution in [0.5, 0.6) is 17.4 Å².